The first-order valence-corrected chi connectivity index (χ1v) is 11.7. The lowest BCUT2D eigenvalue weighted by atomic mass is 9.86. The van der Waals surface area contributed by atoms with Crippen LogP contribution >= 0.6 is 0 Å². The van der Waals surface area contributed by atoms with Crippen LogP contribution in [0.15, 0.2) is 12.1 Å². The summed E-state index contributed by atoms with van der Waals surface area (Å²) >= 11 is 0. The minimum atomic E-state index is -1.50. The van der Waals surface area contributed by atoms with Gasteiger partial charge in [0.2, 0.25) is 0 Å². The predicted molar refractivity (Wildman–Crippen MR) is 122 cm³/mol. The Hall–Kier alpha value is -2.71. The van der Waals surface area contributed by atoms with Crippen molar-refractivity contribution < 1.29 is 18.7 Å². The molecule has 0 N–H and O–H groups in total. The van der Waals surface area contributed by atoms with Crippen LogP contribution in [0.3, 0.4) is 0 Å². The summed E-state index contributed by atoms with van der Waals surface area (Å²) < 4.78 is 27.1. The van der Waals surface area contributed by atoms with Crippen LogP contribution in [-0.4, -0.2) is 56.3 Å². The van der Waals surface area contributed by atoms with Crippen molar-refractivity contribution in [2.45, 2.75) is 77.7 Å². The summed E-state index contributed by atoms with van der Waals surface area (Å²) in [7, 11) is 3.24. The van der Waals surface area contributed by atoms with E-state index in [0.29, 0.717) is 28.6 Å². The fourth-order valence-electron chi connectivity index (χ4n) is 4.82. The van der Waals surface area contributed by atoms with Crippen molar-refractivity contribution in [1.29, 1.82) is 0 Å². The van der Waals surface area contributed by atoms with E-state index in [2.05, 4.69) is 10.3 Å². The van der Waals surface area contributed by atoms with E-state index in [1.54, 1.807) is 11.7 Å². The van der Waals surface area contributed by atoms with Crippen molar-refractivity contribution in [3.63, 3.8) is 0 Å². The van der Waals surface area contributed by atoms with Crippen LogP contribution in [0.5, 0.6) is 5.75 Å². The molecule has 0 aromatic carbocycles. The molecular weight excluding hydrogens is 425 g/mol. The third kappa shape index (κ3) is 5.28. The zero-order chi connectivity index (χ0) is 23.8. The number of carbonyl (C=O) groups excluding carboxylic acids is 1. The second kappa shape index (κ2) is 8.91. The van der Waals surface area contributed by atoms with Crippen LogP contribution in [-0.2, 0) is 18.4 Å². The number of amides is 1. The average molecular weight is 460 g/mol. The maximum atomic E-state index is 13.8. The molecule has 180 valence electrons. The van der Waals surface area contributed by atoms with Gasteiger partial charge in [-0.2, -0.15) is 0 Å². The predicted octanol–water partition coefficient (Wildman–Crippen LogP) is 4.60. The molecule has 2 aromatic rings. The van der Waals surface area contributed by atoms with Crippen LogP contribution in [0.25, 0.3) is 11.4 Å². The molecule has 2 aromatic heterocycles. The minimum Gasteiger partial charge on any atom is -0.488 e. The Labute approximate surface area is 194 Å². The van der Waals surface area contributed by atoms with Gasteiger partial charge in [0.05, 0.1) is 17.9 Å². The van der Waals surface area contributed by atoms with Crippen LogP contribution < -0.4 is 4.74 Å². The normalized spacial score (nSPS) is 19.4. The molecule has 0 radical (unpaired) electrons. The van der Waals surface area contributed by atoms with Gasteiger partial charge in [0.25, 0.3) is 0 Å². The molecule has 1 amide bonds. The number of alkyl halides is 1. The number of ether oxygens (including phenoxy) is 2. The fraction of sp³-hybridized carbons (Fsp3) is 0.667. The molecule has 9 heteroatoms. The SMILES string of the molecule is Cc1nc(-c2nnn(C)c2COC(=O)N(C)CC(C)(C)F)ccc1OC1CC12CCCCC2. The van der Waals surface area contributed by atoms with Gasteiger partial charge in [0.1, 0.15) is 35.5 Å². The van der Waals surface area contributed by atoms with E-state index in [4.69, 9.17) is 14.5 Å². The highest BCUT2D eigenvalue weighted by Crippen LogP contribution is 2.58. The van der Waals surface area contributed by atoms with Gasteiger partial charge in [-0.15, -0.1) is 5.10 Å². The summed E-state index contributed by atoms with van der Waals surface area (Å²) in [6.45, 7) is 4.66. The van der Waals surface area contributed by atoms with E-state index in [1.165, 1.54) is 57.9 Å². The standard InChI is InChI=1S/C24H34FN5O3/c1-16-19(33-20-13-24(20)11-7-6-8-12-24)10-9-17(26-16)21-18(30(5)28-27-21)14-32-22(31)29(4)15-23(2,3)25/h9-10,20H,6-8,11-15H2,1-5H3. The summed E-state index contributed by atoms with van der Waals surface area (Å²) in [5, 5.41) is 8.30. The molecule has 8 nitrogen and oxygen atoms in total. The molecule has 0 aliphatic heterocycles. The Kier molecular flexibility index (Phi) is 6.33. The van der Waals surface area contributed by atoms with E-state index in [0.717, 1.165) is 17.9 Å². The van der Waals surface area contributed by atoms with Gasteiger partial charge in [-0.25, -0.2) is 18.9 Å². The number of pyridine rings is 1. The number of aryl methyl sites for hydroxylation is 2. The number of hydrogen-bond acceptors (Lipinski definition) is 6. The average Bonchev–Trinajstić information content (AvgIpc) is 3.25. The maximum absolute atomic E-state index is 13.8. The van der Waals surface area contributed by atoms with Crippen molar-refractivity contribution in [3.05, 3.63) is 23.5 Å². The van der Waals surface area contributed by atoms with Gasteiger partial charge in [-0.3, -0.25) is 0 Å². The van der Waals surface area contributed by atoms with E-state index >= 15 is 0 Å². The van der Waals surface area contributed by atoms with Crippen molar-refractivity contribution in [3.8, 4) is 17.1 Å². The molecule has 0 saturated heterocycles. The molecular formula is C24H34FN5O3. The lowest BCUT2D eigenvalue weighted by Crippen LogP contribution is -2.37. The smallest absolute Gasteiger partial charge is 0.409 e. The first-order valence-electron chi connectivity index (χ1n) is 11.7. The number of carbonyl (C=O) groups is 1. The summed E-state index contributed by atoms with van der Waals surface area (Å²) in [5.41, 5.74) is 1.47. The molecule has 4 rings (SSSR count). The second-order valence-electron chi connectivity index (χ2n) is 10.2. The molecule has 2 aliphatic carbocycles. The van der Waals surface area contributed by atoms with E-state index in [-0.39, 0.29) is 13.2 Å². The lowest BCUT2D eigenvalue weighted by molar-refractivity contribution is 0.0795. The van der Waals surface area contributed by atoms with Gasteiger partial charge in [-0.1, -0.05) is 24.5 Å². The molecule has 1 unspecified atom stereocenters. The Balaban J connectivity index is 1.42. The quantitative estimate of drug-likeness (QED) is 0.602. The largest absolute Gasteiger partial charge is 0.488 e. The zero-order valence-corrected chi connectivity index (χ0v) is 20.2. The van der Waals surface area contributed by atoms with Crippen LogP contribution in [0, 0.1) is 12.3 Å². The summed E-state index contributed by atoms with van der Waals surface area (Å²) in [4.78, 5) is 18.2. The summed E-state index contributed by atoms with van der Waals surface area (Å²) in [5.74, 6) is 0.804. The van der Waals surface area contributed by atoms with E-state index < -0.39 is 11.8 Å². The molecule has 2 aliphatic rings. The number of hydrogen-bond donors (Lipinski definition) is 0. The second-order valence-corrected chi connectivity index (χ2v) is 10.2. The summed E-state index contributed by atoms with van der Waals surface area (Å²) in [6.07, 6.45) is 7.30. The molecule has 2 saturated carbocycles. The topological polar surface area (TPSA) is 82.4 Å². The molecule has 1 atom stereocenters. The third-order valence-corrected chi connectivity index (χ3v) is 6.71. The monoisotopic (exact) mass is 459 g/mol. The highest BCUT2D eigenvalue weighted by molar-refractivity contribution is 5.67. The molecule has 2 fully saturated rings. The third-order valence-electron chi connectivity index (χ3n) is 6.71. The van der Waals surface area contributed by atoms with E-state index in [9.17, 15) is 9.18 Å². The van der Waals surface area contributed by atoms with Crippen molar-refractivity contribution >= 4 is 6.09 Å². The zero-order valence-electron chi connectivity index (χ0n) is 20.2. The fourth-order valence-corrected chi connectivity index (χ4v) is 4.82. The van der Waals surface area contributed by atoms with E-state index in [1.807, 2.05) is 19.1 Å². The van der Waals surface area contributed by atoms with Crippen molar-refractivity contribution in [1.82, 2.24) is 24.9 Å². The highest BCUT2D eigenvalue weighted by atomic mass is 19.1. The van der Waals surface area contributed by atoms with Crippen LogP contribution in [0.4, 0.5) is 9.18 Å². The summed E-state index contributed by atoms with van der Waals surface area (Å²) in [6, 6.07) is 3.80. The Morgan fingerprint density at radius 2 is 2.03 bits per heavy atom. The minimum absolute atomic E-state index is 0.0434. The Morgan fingerprint density at radius 1 is 1.30 bits per heavy atom. The molecule has 0 bridgehead atoms. The van der Waals surface area contributed by atoms with Gasteiger partial charge in [-0.05, 0) is 52.2 Å². The Bertz CT molecular complexity index is 1010. The van der Waals surface area contributed by atoms with Gasteiger partial charge >= 0.3 is 6.09 Å². The Morgan fingerprint density at radius 3 is 2.70 bits per heavy atom. The molecule has 2 heterocycles. The highest BCUT2D eigenvalue weighted by Gasteiger charge is 2.56. The first-order chi connectivity index (χ1) is 15.6. The number of rotatable bonds is 7. The number of halogens is 1. The van der Waals surface area contributed by atoms with Crippen molar-refractivity contribution in [2.75, 3.05) is 13.6 Å². The van der Waals surface area contributed by atoms with Gasteiger partial charge in [0.15, 0.2) is 0 Å². The van der Waals surface area contributed by atoms with Crippen LogP contribution in [0.2, 0.25) is 0 Å². The van der Waals surface area contributed by atoms with Crippen molar-refractivity contribution in [2.24, 2.45) is 12.5 Å². The van der Waals surface area contributed by atoms with Gasteiger partial charge in [0, 0.05) is 19.5 Å². The number of aromatic nitrogens is 4. The van der Waals surface area contributed by atoms with Crippen LogP contribution in [0.1, 0.15) is 63.8 Å². The van der Waals surface area contributed by atoms with Gasteiger partial charge < -0.3 is 14.4 Å². The lowest BCUT2D eigenvalue weighted by Gasteiger charge is -2.23. The maximum Gasteiger partial charge on any atom is 0.409 e. The number of nitrogens with zero attached hydrogens (tertiary/aromatic N) is 5. The molecule has 1 spiro atoms. The first kappa shape index (κ1) is 23.4. The molecule has 33 heavy (non-hydrogen) atoms.